The third kappa shape index (κ3) is 3.84. The van der Waals surface area contributed by atoms with Gasteiger partial charge in [-0.1, -0.05) is 13.8 Å². The van der Waals surface area contributed by atoms with Crippen molar-refractivity contribution >= 4 is 10.0 Å². The number of nitrogens with one attached hydrogen (secondary N) is 2. The van der Waals surface area contributed by atoms with E-state index in [9.17, 15) is 8.42 Å². The molecule has 0 spiro atoms. The summed E-state index contributed by atoms with van der Waals surface area (Å²) in [6, 6.07) is 0. The molecule has 1 aromatic rings. The minimum absolute atomic E-state index is 0.190. The van der Waals surface area contributed by atoms with Gasteiger partial charge in [-0.15, -0.1) is 0 Å². The van der Waals surface area contributed by atoms with Gasteiger partial charge < -0.3 is 5.32 Å². The predicted molar refractivity (Wildman–Crippen MR) is 82.5 cm³/mol. The number of nitrogens with zero attached hydrogens (tertiary/aromatic N) is 2. The molecule has 1 aromatic heterocycles. The van der Waals surface area contributed by atoms with Crippen LogP contribution in [-0.2, 0) is 16.6 Å². The van der Waals surface area contributed by atoms with Gasteiger partial charge in [0.1, 0.15) is 0 Å². The van der Waals surface area contributed by atoms with Crippen LogP contribution in [0.1, 0.15) is 44.4 Å². The Kier molecular flexibility index (Phi) is 5.40. The summed E-state index contributed by atoms with van der Waals surface area (Å²) in [5.41, 5.74) is 1.58. The summed E-state index contributed by atoms with van der Waals surface area (Å²) in [5, 5.41) is 10.3. The van der Waals surface area contributed by atoms with Gasteiger partial charge in [-0.2, -0.15) is 9.40 Å². The van der Waals surface area contributed by atoms with E-state index >= 15 is 0 Å². The largest absolute Gasteiger partial charge is 0.313 e. The highest BCUT2D eigenvalue weighted by Gasteiger charge is 2.34. The predicted octanol–water partition coefficient (Wildman–Crippen LogP) is 1.64. The number of rotatable bonds is 9. The molecule has 2 rings (SSSR count). The van der Waals surface area contributed by atoms with Gasteiger partial charge in [0.05, 0.1) is 0 Å². The zero-order valence-electron chi connectivity index (χ0n) is 13.1. The number of hydrogen-bond acceptors (Lipinski definition) is 4. The summed E-state index contributed by atoms with van der Waals surface area (Å²) in [4.78, 5) is 0. The summed E-state index contributed by atoms with van der Waals surface area (Å²) in [7, 11) is -3.51. The number of hydrogen-bond donors (Lipinski definition) is 2. The first-order chi connectivity index (χ1) is 10.0. The Hall–Kier alpha value is -0.920. The smallest absolute Gasteiger partial charge is 0.262 e. The normalized spacial score (nSPS) is 15.8. The van der Waals surface area contributed by atoms with Crippen molar-refractivity contribution in [3.63, 3.8) is 0 Å². The number of aryl methyl sites for hydroxylation is 1. The van der Waals surface area contributed by atoms with E-state index in [0.29, 0.717) is 25.6 Å². The molecule has 1 aliphatic carbocycles. The first-order valence-electron chi connectivity index (χ1n) is 7.75. The summed E-state index contributed by atoms with van der Waals surface area (Å²) in [6.07, 6.45) is 3.09. The van der Waals surface area contributed by atoms with Gasteiger partial charge >= 0.3 is 0 Å². The van der Waals surface area contributed by atoms with Gasteiger partial charge in [0.15, 0.2) is 5.03 Å². The molecule has 21 heavy (non-hydrogen) atoms. The second kappa shape index (κ2) is 6.89. The molecule has 0 radical (unpaired) electrons. The topological polar surface area (TPSA) is 78.1 Å². The van der Waals surface area contributed by atoms with Crippen LogP contribution in [0.2, 0.25) is 0 Å². The van der Waals surface area contributed by atoms with Crippen molar-refractivity contribution in [2.45, 2.75) is 51.6 Å². The van der Waals surface area contributed by atoms with Gasteiger partial charge in [0.25, 0.3) is 10.0 Å². The molecular formula is C14H26N4O2S. The fraction of sp³-hybridized carbons (Fsp3) is 0.786. The molecule has 6 nitrogen and oxygen atoms in total. The molecule has 0 bridgehead atoms. The summed E-state index contributed by atoms with van der Waals surface area (Å²) in [5.74, 6) is 0.531. The van der Waals surface area contributed by atoms with Crippen molar-refractivity contribution in [3.8, 4) is 0 Å². The van der Waals surface area contributed by atoms with E-state index in [1.807, 2.05) is 20.8 Å². The molecule has 0 aliphatic heterocycles. The van der Waals surface area contributed by atoms with E-state index in [4.69, 9.17) is 0 Å². The van der Waals surface area contributed by atoms with E-state index < -0.39 is 10.0 Å². The fourth-order valence-corrected chi connectivity index (χ4v) is 4.14. The minimum Gasteiger partial charge on any atom is -0.313 e. The van der Waals surface area contributed by atoms with Crippen LogP contribution in [-0.4, -0.2) is 42.6 Å². The maximum absolute atomic E-state index is 12.9. The van der Waals surface area contributed by atoms with Crippen molar-refractivity contribution in [1.29, 1.82) is 0 Å². The monoisotopic (exact) mass is 314 g/mol. The first kappa shape index (κ1) is 16.5. The number of sulfonamides is 1. The Morgan fingerprint density at radius 1 is 1.38 bits per heavy atom. The molecule has 1 heterocycles. The maximum Gasteiger partial charge on any atom is 0.262 e. The third-order valence-electron chi connectivity index (χ3n) is 3.80. The van der Waals surface area contributed by atoms with Crippen molar-refractivity contribution in [1.82, 2.24) is 19.8 Å². The molecule has 1 fully saturated rings. The Labute approximate surface area is 127 Å². The van der Waals surface area contributed by atoms with E-state index in [1.54, 1.807) is 4.31 Å². The van der Waals surface area contributed by atoms with Crippen LogP contribution in [0, 0.1) is 12.8 Å². The summed E-state index contributed by atoms with van der Waals surface area (Å²) in [6.45, 7) is 8.38. The van der Waals surface area contributed by atoms with Crippen LogP contribution in [0.4, 0.5) is 0 Å². The molecule has 120 valence electrons. The van der Waals surface area contributed by atoms with Crippen LogP contribution in [0.25, 0.3) is 0 Å². The molecule has 7 heteroatoms. The van der Waals surface area contributed by atoms with Crippen molar-refractivity contribution in [2.24, 2.45) is 5.92 Å². The van der Waals surface area contributed by atoms with Gasteiger partial charge in [-0.25, -0.2) is 8.42 Å². The zero-order chi connectivity index (χ0) is 15.5. The molecular weight excluding hydrogens is 288 g/mol. The molecule has 2 N–H and O–H groups in total. The molecule has 1 saturated carbocycles. The standard InChI is InChI=1S/C14H26N4O2S/c1-4-8-18(10-12-6-7-12)21(19,20)14-13(9-15-5-2)11(3)16-17-14/h12,15H,4-10H2,1-3H3,(H,16,17). The van der Waals surface area contributed by atoms with Crippen LogP contribution >= 0.6 is 0 Å². The Balaban J connectivity index is 2.27. The number of aromatic amines is 1. The van der Waals surface area contributed by atoms with Crippen molar-refractivity contribution < 1.29 is 8.42 Å². The van der Waals surface area contributed by atoms with E-state index in [0.717, 1.165) is 37.1 Å². The third-order valence-corrected chi connectivity index (χ3v) is 5.64. The Bertz CT molecular complexity index is 564. The highest BCUT2D eigenvalue weighted by molar-refractivity contribution is 7.89. The fourth-order valence-electron chi connectivity index (χ4n) is 2.37. The van der Waals surface area contributed by atoms with Gasteiger partial charge in [-0.3, -0.25) is 5.10 Å². The first-order valence-corrected chi connectivity index (χ1v) is 9.19. The zero-order valence-corrected chi connectivity index (χ0v) is 14.0. The average Bonchev–Trinajstić information content (AvgIpc) is 3.18. The van der Waals surface area contributed by atoms with Crippen LogP contribution in [0.3, 0.4) is 0 Å². The number of aromatic nitrogens is 2. The van der Waals surface area contributed by atoms with Gasteiger partial charge in [-0.05, 0) is 38.6 Å². The maximum atomic E-state index is 12.9. The lowest BCUT2D eigenvalue weighted by Gasteiger charge is -2.21. The number of H-pyrrole nitrogens is 1. The Morgan fingerprint density at radius 2 is 2.10 bits per heavy atom. The molecule has 0 saturated heterocycles. The Morgan fingerprint density at radius 3 is 2.67 bits per heavy atom. The second-order valence-corrected chi connectivity index (χ2v) is 7.57. The SMILES string of the molecule is CCCN(CC1CC1)S(=O)(=O)c1n[nH]c(C)c1CNCC. The lowest BCUT2D eigenvalue weighted by Crippen LogP contribution is -2.34. The lowest BCUT2D eigenvalue weighted by atomic mass is 10.2. The molecule has 1 aliphatic rings. The van der Waals surface area contributed by atoms with E-state index in [1.165, 1.54) is 0 Å². The minimum atomic E-state index is -3.51. The summed E-state index contributed by atoms with van der Waals surface area (Å²) >= 11 is 0. The highest BCUT2D eigenvalue weighted by Crippen LogP contribution is 2.32. The van der Waals surface area contributed by atoms with Gasteiger partial charge in [0.2, 0.25) is 0 Å². The van der Waals surface area contributed by atoms with E-state index in [2.05, 4.69) is 15.5 Å². The van der Waals surface area contributed by atoms with E-state index in [-0.39, 0.29) is 5.03 Å². The quantitative estimate of drug-likeness (QED) is 0.726. The van der Waals surface area contributed by atoms with Crippen LogP contribution in [0.5, 0.6) is 0 Å². The van der Waals surface area contributed by atoms with Gasteiger partial charge in [0, 0.05) is 30.9 Å². The molecule has 0 unspecified atom stereocenters. The summed E-state index contributed by atoms with van der Waals surface area (Å²) < 4.78 is 27.4. The molecule has 0 atom stereocenters. The van der Waals surface area contributed by atoms with Crippen LogP contribution in [0.15, 0.2) is 5.03 Å². The van der Waals surface area contributed by atoms with Crippen LogP contribution < -0.4 is 5.32 Å². The molecule has 0 amide bonds. The molecule has 0 aromatic carbocycles. The lowest BCUT2D eigenvalue weighted by molar-refractivity contribution is 0.393. The average molecular weight is 314 g/mol. The highest BCUT2D eigenvalue weighted by atomic mass is 32.2. The van der Waals surface area contributed by atoms with Crippen molar-refractivity contribution in [2.75, 3.05) is 19.6 Å². The second-order valence-electron chi connectivity index (χ2n) is 5.72. The van der Waals surface area contributed by atoms with Crippen molar-refractivity contribution in [3.05, 3.63) is 11.3 Å².